The third-order valence-electron chi connectivity index (χ3n) is 4.49. The molecular weight excluding hydrogens is 436 g/mol. The number of nitrogens with one attached hydrogen (secondary N) is 1. The number of rotatable bonds is 8. The Labute approximate surface area is 189 Å². The van der Waals surface area contributed by atoms with Crippen LogP contribution in [0.4, 0.5) is 11.4 Å². The zero-order valence-corrected chi connectivity index (χ0v) is 18.3. The van der Waals surface area contributed by atoms with Crippen LogP contribution in [0, 0.1) is 0 Å². The lowest BCUT2D eigenvalue weighted by Crippen LogP contribution is -2.32. The van der Waals surface area contributed by atoms with Crippen LogP contribution in [0.3, 0.4) is 0 Å². The minimum absolute atomic E-state index is 0.0903. The fraction of sp³-hybridized carbons (Fsp3) is 0.217. The lowest BCUT2D eigenvalue weighted by molar-refractivity contribution is -0.120. The number of hydrogen-bond acceptors (Lipinski definition) is 7. The average molecular weight is 457 g/mol. The number of nitrogens with zero attached hydrogens (tertiary/aromatic N) is 1. The molecule has 0 unspecified atom stereocenters. The minimum atomic E-state index is -0.692. The minimum Gasteiger partial charge on any atom is -0.462 e. The van der Waals surface area contributed by atoms with Gasteiger partial charge in [-0.3, -0.25) is 9.59 Å². The van der Waals surface area contributed by atoms with Gasteiger partial charge in [0.2, 0.25) is 0 Å². The molecule has 2 amide bonds. The predicted octanol–water partition coefficient (Wildman–Crippen LogP) is 3.87. The van der Waals surface area contributed by atoms with Crippen molar-refractivity contribution >= 4 is 46.7 Å². The summed E-state index contributed by atoms with van der Waals surface area (Å²) in [5, 5.41) is 2.57. The summed E-state index contributed by atoms with van der Waals surface area (Å²) in [6, 6.07) is 12.1. The van der Waals surface area contributed by atoms with Gasteiger partial charge >= 0.3 is 11.9 Å². The number of benzene rings is 2. The zero-order chi connectivity index (χ0) is 23.3. The summed E-state index contributed by atoms with van der Waals surface area (Å²) in [5.41, 5.74) is 1.29. The van der Waals surface area contributed by atoms with E-state index in [0.29, 0.717) is 23.4 Å². The molecule has 0 saturated carbocycles. The van der Waals surface area contributed by atoms with Crippen molar-refractivity contribution < 1.29 is 28.7 Å². The van der Waals surface area contributed by atoms with Crippen molar-refractivity contribution in [1.29, 1.82) is 0 Å². The number of anilines is 2. The van der Waals surface area contributed by atoms with E-state index >= 15 is 0 Å². The SMILES string of the molecule is CCCOC(=O)c1ccc(NC2=C(Cl)C(=O)N(c3ccc(C(=O)OCC)cc3)C2=O)cc1. The third-order valence-corrected chi connectivity index (χ3v) is 4.84. The second-order valence-corrected chi connectivity index (χ2v) is 7.12. The van der Waals surface area contributed by atoms with Gasteiger partial charge in [-0.25, -0.2) is 14.5 Å². The largest absolute Gasteiger partial charge is 0.462 e. The summed E-state index contributed by atoms with van der Waals surface area (Å²) < 4.78 is 10.00. The van der Waals surface area contributed by atoms with Gasteiger partial charge in [0, 0.05) is 5.69 Å². The molecule has 32 heavy (non-hydrogen) atoms. The predicted molar refractivity (Wildman–Crippen MR) is 118 cm³/mol. The molecule has 1 aliphatic heterocycles. The van der Waals surface area contributed by atoms with Gasteiger partial charge in [0.25, 0.3) is 11.8 Å². The molecule has 8 nitrogen and oxygen atoms in total. The first-order valence-corrected chi connectivity index (χ1v) is 10.3. The Hall–Kier alpha value is -3.65. The van der Waals surface area contributed by atoms with Gasteiger partial charge in [-0.15, -0.1) is 0 Å². The molecule has 2 aromatic carbocycles. The second kappa shape index (κ2) is 10.1. The zero-order valence-electron chi connectivity index (χ0n) is 17.5. The maximum Gasteiger partial charge on any atom is 0.338 e. The number of imide groups is 1. The van der Waals surface area contributed by atoms with Gasteiger partial charge in [-0.05, 0) is 61.9 Å². The van der Waals surface area contributed by atoms with Crippen LogP contribution in [0.2, 0.25) is 0 Å². The van der Waals surface area contributed by atoms with Gasteiger partial charge < -0.3 is 14.8 Å². The van der Waals surface area contributed by atoms with Crippen LogP contribution in [0.25, 0.3) is 0 Å². The van der Waals surface area contributed by atoms with Crippen molar-refractivity contribution in [3.8, 4) is 0 Å². The standard InChI is InChI=1S/C23H21ClN2O6/c1-3-13-32-23(30)14-5-9-16(10-6-14)25-19-18(24)20(27)26(21(19)28)17-11-7-15(8-12-17)22(29)31-4-2/h5-12,25H,3-4,13H2,1-2H3. The van der Waals surface area contributed by atoms with Gasteiger partial charge in [0.15, 0.2) is 0 Å². The number of ether oxygens (including phenoxy) is 2. The lowest BCUT2D eigenvalue weighted by Gasteiger charge is -2.15. The Balaban J connectivity index is 1.74. The molecule has 0 atom stereocenters. The van der Waals surface area contributed by atoms with Crippen molar-refractivity contribution in [2.45, 2.75) is 20.3 Å². The Morgan fingerprint density at radius 1 is 0.875 bits per heavy atom. The quantitative estimate of drug-likeness (QED) is 0.475. The number of carbonyl (C=O) groups is 4. The van der Waals surface area contributed by atoms with Crippen molar-refractivity contribution in [3.05, 3.63) is 70.4 Å². The lowest BCUT2D eigenvalue weighted by atomic mass is 10.2. The Bertz CT molecular complexity index is 1080. The van der Waals surface area contributed by atoms with Crippen LogP contribution in [-0.4, -0.2) is 37.0 Å². The highest BCUT2D eigenvalue weighted by molar-refractivity contribution is 6.53. The summed E-state index contributed by atoms with van der Waals surface area (Å²) in [6.45, 7) is 4.16. The fourth-order valence-electron chi connectivity index (χ4n) is 2.92. The first-order valence-electron chi connectivity index (χ1n) is 9.97. The number of halogens is 1. The van der Waals surface area contributed by atoms with E-state index in [0.717, 1.165) is 11.3 Å². The summed E-state index contributed by atoms with van der Waals surface area (Å²) in [7, 11) is 0. The molecule has 0 spiro atoms. The Morgan fingerprint density at radius 2 is 1.44 bits per heavy atom. The van der Waals surface area contributed by atoms with Crippen molar-refractivity contribution in [3.63, 3.8) is 0 Å². The monoisotopic (exact) mass is 456 g/mol. The highest BCUT2D eigenvalue weighted by Gasteiger charge is 2.39. The van der Waals surface area contributed by atoms with Gasteiger partial charge in [-0.1, -0.05) is 18.5 Å². The van der Waals surface area contributed by atoms with Crippen molar-refractivity contribution in [1.82, 2.24) is 0 Å². The van der Waals surface area contributed by atoms with Gasteiger partial charge in [0.1, 0.15) is 10.7 Å². The van der Waals surface area contributed by atoms with Crippen LogP contribution in [-0.2, 0) is 19.1 Å². The van der Waals surface area contributed by atoms with Gasteiger partial charge in [0.05, 0.1) is 30.0 Å². The normalized spacial score (nSPS) is 13.4. The van der Waals surface area contributed by atoms with E-state index in [4.69, 9.17) is 21.1 Å². The molecule has 1 heterocycles. The first kappa shape index (κ1) is 23.0. The molecule has 3 rings (SSSR count). The smallest absolute Gasteiger partial charge is 0.338 e. The summed E-state index contributed by atoms with van der Waals surface area (Å²) in [5.74, 6) is -2.28. The van der Waals surface area contributed by atoms with Crippen LogP contribution in [0.5, 0.6) is 0 Å². The average Bonchev–Trinajstić information content (AvgIpc) is 3.01. The highest BCUT2D eigenvalue weighted by Crippen LogP contribution is 2.30. The maximum absolute atomic E-state index is 12.9. The topological polar surface area (TPSA) is 102 Å². The van der Waals surface area contributed by atoms with E-state index in [1.165, 1.54) is 24.3 Å². The van der Waals surface area contributed by atoms with E-state index in [2.05, 4.69) is 5.32 Å². The second-order valence-electron chi connectivity index (χ2n) is 6.74. The molecule has 2 aromatic rings. The van der Waals surface area contributed by atoms with Crippen molar-refractivity contribution in [2.24, 2.45) is 0 Å². The van der Waals surface area contributed by atoms with E-state index in [1.54, 1.807) is 31.2 Å². The van der Waals surface area contributed by atoms with Crippen LogP contribution in [0.15, 0.2) is 59.3 Å². The van der Waals surface area contributed by atoms with E-state index in [9.17, 15) is 19.2 Å². The molecule has 0 radical (unpaired) electrons. The summed E-state index contributed by atoms with van der Waals surface area (Å²) >= 11 is 6.14. The van der Waals surface area contributed by atoms with E-state index in [1.807, 2.05) is 6.92 Å². The van der Waals surface area contributed by atoms with Gasteiger partial charge in [-0.2, -0.15) is 0 Å². The van der Waals surface area contributed by atoms with E-state index < -0.39 is 23.8 Å². The molecule has 0 aromatic heterocycles. The van der Waals surface area contributed by atoms with E-state index in [-0.39, 0.29) is 23.0 Å². The fourth-order valence-corrected chi connectivity index (χ4v) is 3.13. The third kappa shape index (κ3) is 4.81. The molecule has 166 valence electrons. The summed E-state index contributed by atoms with van der Waals surface area (Å²) in [4.78, 5) is 50.1. The molecule has 1 N–H and O–H groups in total. The number of amides is 2. The molecule has 0 aliphatic carbocycles. The molecule has 1 aliphatic rings. The van der Waals surface area contributed by atoms with Crippen molar-refractivity contribution in [2.75, 3.05) is 23.4 Å². The summed E-state index contributed by atoms with van der Waals surface area (Å²) in [6.07, 6.45) is 0.718. The van der Waals surface area contributed by atoms with Crippen LogP contribution in [0.1, 0.15) is 41.0 Å². The number of carbonyl (C=O) groups excluding carboxylic acids is 4. The first-order chi connectivity index (χ1) is 15.4. The Morgan fingerprint density at radius 3 is 2.00 bits per heavy atom. The van der Waals surface area contributed by atoms with Crippen LogP contribution >= 0.6 is 11.6 Å². The Kier molecular flexibility index (Phi) is 7.27. The molecular formula is C23H21ClN2O6. The number of hydrogen-bond donors (Lipinski definition) is 1. The molecule has 0 bridgehead atoms. The number of esters is 2. The highest BCUT2D eigenvalue weighted by atomic mass is 35.5. The van der Waals surface area contributed by atoms with Crippen LogP contribution < -0.4 is 10.2 Å². The maximum atomic E-state index is 12.9. The molecule has 0 saturated heterocycles. The molecule has 0 fully saturated rings. The molecule has 9 heteroatoms.